The highest BCUT2D eigenvalue weighted by Gasteiger charge is 2.35. The molecule has 0 aromatic rings. The Morgan fingerprint density at radius 3 is 2.31 bits per heavy atom. The molecule has 0 aromatic heterocycles. The lowest BCUT2D eigenvalue weighted by molar-refractivity contribution is -0.200. The first kappa shape index (κ1) is 20.0. The molecule has 0 saturated carbocycles. The second-order valence-electron chi connectivity index (χ2n) is 7.86. The summed E-state index contributed by atoms with van der Waals surface area (Å²) in [6.45, 7) is 4.01. The number of Topliss-reactive ketones (excluding diaryl/α,β-unsaturated/α-hetero) is 1. The van der Waals surface area contributed by atoms with Gasteiger partial charge in [0, 0.05) is 34.1 Å². The normalized spacial score (nSPS) is 26.0. The van der Waals surface area contributed by atoms with Gasteiger partial charge in [-0.2, -0.15) is 0 Å². The largest absolute Gasteiger partial charge is 0.345 e. The number of amides is 3. The van der Waals surface area contributed by atoms with Gasteiger partial charge in [0.2, 0.25) is 5.91 Å². The molecule has 2 aliphatic heterocycles. The topological polar surface area (TPSA) is 113 Å². The number of ketones is 1. The second kappa shape index (κ2) is 9.96. The van der Waals surface area contributed by atoms with E-state index in [1.54, 1.807) is 0 Å². The molecule has 0 radical (unpaired) electrons. The van der Waals surface area contributed by atoms with Gasteiger partial charge in [-0.05, 0) is 33.6 Å². The summed E-state index contributed by atoms with van der Waals surface area (Å²) in [5.74, 6) is -4.88. The molecular weight excluding hydrogens is 378 g/mol. The average Bonchev–Trinajstić information content (AvgIpc) is 3.00. The predicted octanol–water partition coefficient (Wildman–Crippen LogP) is 0.956. The van der Waals surface area contributed by atoms with Crippen LogP contribution in [0.25, 0.3) is 0 Å². The Balaban J connectivity index is 1.90. The number of piperidine rings is 1. The zero-order valence-electron chi connectivity index (χ0n) is 19.2. The van der Waals surface area contributed by atoms with Crippen molar-refractivity contribution in [3.05, 3.63) is 0 Å². The van der Waals surface area contributed by atoms with E-state index in [1.165, 1.54) is 6.92 Å². The lowest BCUT2D eigenvalue weighted by atomic mass is 9.97. The van der Waals surface area contributed by atoms with Gasteiger partial charge in [0.05, 0.1) is 18.5 Å². The van der Waals surface area contributed by atoms with Gasteiger partial charge >= 0.3 is 5.97 Å². The van der Waals surface area contributed by atoms with Crippen LogP contribution in [0.4, 0.5) is 0 Å². The molecule has 2 rings (SSSR count). The highest BCUT2D eigenvalue weighted by Crippen LogP contribution is 2.22. The highest BCUT2D eigenvalue weighted by molar-refractivity contribution is 6.01. The Morgan fingerprint density at radius 1 is 1.17 bits per heavy atom. The summed E-state index contributed by atoms with van der Waals surface area (Å²) in [6.07, 6.45) is 2.43. The van der Waals surface area contributed by atoms with Crippen LogP contribution in [0.1, 0.15) is 68.9 Å². The molecule has 0 bridgehead atoms. The zero-order valence-corrected chi connectivity index (χ0v) is 17.2. The maximum atomic E-state index is 12.5. The number of rotatable bonds is 8. The van der Waals surface area contributed by atoms with Crippen molar-refractivity contribution in [1.29, 1.82) is 0 Å². The molecule has 2 fully saturated rings. The summed E-state index contributed by atoms with van der Waals surface area (Å²) in [7, 11) is 0. The smallest absolute Gasteiger partial charge is 0.336 e. The van der Waals surface area contributed by atoms with Gasteiger partial charge in [0.15, 0.2) is 5.78 Å². The summed E-state index contributed by atoms with van der Waals surface area (Å²) in [5, 5.41) is 2.94. The van der Waals surface area contributed by atoms with Crippen molar-refractivity contribution >= 4 is 29.5 Å². The van der Waals surface area contributed by atoms with E-state index in [4.69, 9.17) is 7.58 Å². The highest BCUT2D eigenvalue weighted by atomic mass is 16.7. The van der Waals surface area contributed by atoms with Crippen molar-refractivity contribution in [2.45, 2.75) is 84.3 Å². The number of carbonyl (C=O) groups excluding carboxylic acids is 5. The van der Waals surface area contributed by atoms with Crippen LogP contribution in [0, 0.1) is 5.92 Å². The van der Waals surface area contributed by atoms with E-state index in [-0.39, 0.29) is 37.4 Å². The lowest BCUT2D eigenvalue weighted by Gasteiger charge is -2.38. The Morgan fingerprint density at radius 2 is 1.76 bits per heavy atom. The van der Waals surface area contributed by atoms with Crippen LogP contribution >= 0.6 is 0 Å². The van der Waals surface area contributed by atoms with Crippen LogP contribution in [0.5, 0.6) is 0 Å². The Bertz CT molecular complexity index is 706. The standard InChI is InChI=1S/C20H31N3O6/c1-12(20(28)29-23-18(26)8-9-19(23)27)10-16(24)15(4)21-17(25)11-22-13(2)6-5-7-14(22)3/h12-15H,5-11H2,1-4H3,(H,21,25)/i1D2. The number of hydroxylamine groups is 2. The zero-order chi connectivity index (χ0) is 23.3. The second-order valence-corrected chi connectivity index (χ2v) is 7.86. The van der Waals surface area contributed by atoms with Gasteiger partial charge in [0.1, 0.15) is 0 Å². The molecule has 0 spiro atoms. The van der Waals surface area contributed by atoms with Crippen molar-refractivity contribution < 1.29 is 31.6 Å². The van der Waals surface area contributed by atoms with Crippen LogP contribution in [-0.2, 0) is 28.8 Å². The van der Waals surface area contributed by atoms with E-state index in [1.807, 2.05) is 0 Å². The van der Waals surface area contributed by atoms with Gasteiger partial charge in [-0.3, -0.25) is 24.1 Å². The first-order chi connectivity index (χ1) is 14.5. The lowest BCUT2D eigenvalue weighted by Crippen LogP contribution is -2.51. The number of carbonyl (C=O) groups is 5. The molecule has 4 atom stereocenters. The molecule has 29 heavy (non-hydrogen) atoms. The number of nitrogens with one attached hydrogen (secondary N) is 1. The first-order valence-corrected chi connectivity index (χ1v) is 10.0. The van der Waals surface area contributed by atoms with Crippen molar-refractivity contribution in [2.24, 2.45) is 5.92 Å². The molecule has 2 heterocycles. The number of likely N-dealkylation sites (tertiary alicyclic amines) is 1. The van der Waals surface area contributed by atoms with Gasteiger partial charge < -0.3 is 10.2 Å². The fourth-order valence-corrected chi connectivity index (χ4v) is 3.61. The first-order valence-electron chi connectivity index (χ1n) is 11.2. The van der Waals surface area contributed by atoms with E-state index in [2.05, 4.69) is 24.1 Å². The summed E-state index contributed by atoms with van der Waals surface area (Å²) in [5.41, 5.74) is 0. The minimum atomic E-state index is -1.75. The Hall–Kier alpha value is -2.29. The fourth-order valence-electron chi connectivity index (χ4n) is 3.61. The quantitative estimate of drug-likeness (QED) is 0.592. The summed E-state index contributed by atoms with van der Waals surface area (Å²) in [6, 6.07) is -0.391. The SMILES string of the molecule is [2H]C([2H])C(CC(=O)C(C)NC(=O)CN1C(C)CCCC1C)C(=O)ON1C(=O)CCC1=O. The molecular formula is C20H31N3O6. The number of hydrogen-bond donors (Lipinski definition) is 1. The minimum absolute atomic E-state index is 0.0851. The van der Waals surface area contributed by atoms with Crippen LogP contribution in [0.3, 0.4) is 0 Å². The van der Waals surface area contributed by atoms with Crippen molar-refractivity contribution in [3.8, 4) is 0 Å². The number of nitrogens with zero attached hydrogens (tertiary/aromatic N) is 2. The number of hydrogen-bond acceptors (Lipinski definition) is 7. The maximum absolute atomic E-state index is 12.5. The molecule has 1 N–H and O–H groups in total. The number of imide groups is 1. The van der Waals surface area contributed by atoms with E-state index in [9.17, 15) is 24.0 Å². The van der Waals surface area contributed by atoms with Crippen LogP contribution in [0.2, 0.25) is 0 Å². The van der Waals surface area contributed by atoms with Crippen LogP contribution in [-0.4, -0.2) is 64.1 Å². The molecule has 9 heteroatoms. The van der Waals surface area contributed by atoms with Gasteiger partial charge in [-0.25, -0.2) is 4.79 Å². The molecule has 3 amide bonds. The molecule has 2 aliphatic rings. The van der Waals surface area contributed by atoms with Gasteiger partial charge in [-0.15, -0.1) is 5.06 Å². The van der Waals surface area contributed by atoms with E-state index in [0.717, 1.165) is 19.3 Å². The minimum Gasteiger partial charge on any atom is -0.345 e. The third-order valence-corrected chi connectivity index (χ3v) is 5.47. The Labute approximate surface area is 173 Å². The Kier molecular flexibility index (Phi) is 6.87. The van der Waals surface area contributed by atoms with E-state index in [0.29, 0.717) is 5.06 Å². The van der Waals surface area contributed by atoms with Crippen molar-refractivity contribution in [1.82, 2.24) is 15.3 Å². The molecule has 162 valence electrons. The van der Waals surface area contributed by atoms with Crippen molar-refractivity contribution in [3.63, 3.8) is 0 Å². The van der Waals surface area contributed by atoms with Gasteiger partial charge in [0.25, 0.3) is 11.8 Å². The van der Waals surface area contributed by atoms with E-state index < -0.39 is 48.8 Å². The monoisotopic (exact) mass is 411 g/mol. The van der Waals surface area contributed by atoms with Crippen LogP contribution in [0.15, 0.2) is 0 Å². The predicted molar refractivity (Wildman–Crippen MR) is 103 cm³/mol. The molecule has 4 unspecified atom stereocenters. The maximum Gasteiger partial charge on any atom is 0.336 e. The van der Waals surface area contributed by atoms with Gasteiger partial charge in [-0.1, -0.05) is 13.3 Å². The third-order valence-electron chi connectivity index (χ3n) is 5.47. The van der Waals surface area contributed by atoms with Crippen LogP contribution < -0.4 is 5.32 Å². The third kappa shape index (κ3) is 6.09. The molecule has 0 aliphatic carbocycles. The molecule has 2 saturated heterocycles. The van der Waals surface area contributed by atoms with Crippen molar-refractivity contribution in [2.75, 3.05) is 6.54 Å². The average molecular weight is 411 g/mol. The molecule has 0 aromatic carbocycles. The fraction of sp³-hybridized carbons (Fsp3) is 0.750. The summed E-state index contributed by atoms with van der Waals surface area (Å²) in [4.78, 5) is 67.3. The van der Waals surface area contributed by atoms with E-state index >= 15 is 0 Å². The summed E-state index contributed by atoms with van der Waals surface area (Å²) >= 11 is 0. The molecule has 9 nitrogen and oxygen atoms in total. The summed E-state index contributed by atoms with van der Waals surface area (Å²) < 4.78 is 15.1.